The topological polar surface area (TPSA) is 17.0 Å². The minimum atomic E-state index is -0.169. The van der Waals surface area contributed by atoms with Crippen LogP contribution in [0.5, 0.6) is 0 Å². The maximum atomic E-state index is 13.1. The van der Waals surface area contributed by atoms with Crippen molar-refractivity contribution in [2.75, 3.05) is 6.54 Å². The predicted octanol–water partition coefficient (Wildman–Crippen LogP) is 3.73. The molecule has 0 atom stereocenters. The van der Waals surface area contributed by atoms with Crippen molar-refractivity contribution < 1.29 is 4.39 Å². The van der Waals surface area contributed by atoms with Crippen molar-refractivity contribution >= 4 is 0 Å². The van der Waals surface area contributed by atoms with Gasteiger partial charge in [-0.05, 0) is 54.3 Å². The van der Waals surface area contributed by atoms with Gasteiger partial charge in [-0.1, -0.05) is 19.9 Å². The Hall–Kier alpha value is -1.61. The molecule has 108 valence electrons. The molecule has 2 nitrogen and oxygen atoms in total. The average Bonchev–Trinajstić information content (AvgIpc) is 2.80. The van der Waals surface area contributed by atoms with E-state index in [-0.39, 0.29) is 5.82 Å². The number of aromatic nitrogens is 1. The van der Waals surface area contributed by atoms with E-state index >= 15 is 0 Å². The van der Waals surface area contributed by atoms with Crippen molar-refractivity contribution in [2.45, 2.75) is 33.9 Å². The van der Waals surface area contributed by atoms with Gasteiger partial charge in [-0.15, -0.1) is 0 Å². The first-order chi connectivity index (χ1) is 9.54. The molecule has 1 aromatic heterocycles. The van der Waals surface area contributed by atoms with E-state index < -0.39 is 0 Å². The zero-order valence-corrected chi connectivity index (χ0v) is 12.5. The number of rotatable bonds is 6. The summed E-state index contributed by atoms with van der Waals surface area (Å²) in [6.45, 7) is 9.07. The molecular formula is C17H23FN2. The molecule has 1 aromatic carbocycles. The monoisotopic (exact) mass is 274 g/mol. The molecule has 3 heteroatoms. The highest BCUT2D eigenvalue weighted by molar-refractivity contribution is 5.27. The second kappa shape index (κ2) is 6.71. The fourth-order valence-corrected chi connectivity index (χ4v) is 2.23. The molecule has 0 bridgehead atoms. The summed E-state index contributed by atoms with van der Waals surface area (Å²) in [6, 6.07) is 7.11. The third-order valence-electron chi connectivity index (χ3n) is 3.35. The zero-order chi connectivity index (χ0) is 14.5. The van der Waals surface area contributed by atoms with E-state index in [9.17, 15) is 4.39 Å². The van der Waals surface area contributed by atoms with Gasteiger partial charge in [0.15, 0.2) is 0 Å². The molecule has 0 aliphatic rings. The van der Waals surface area contributed by atoms with Gasteiger partial charge in [-0.25, -0.2) is 4.39 Å². The van der Waals surface area contributed by atoms with Gasteiger partial charge in [-0.2, -0.15) is 0 Å². The molecule has 0 fully saturated rings. The van der Waals surface area contributed by atoms with Crippen LogP contribution in [0.2, 0.25) is 0 Å². The Bertz CT molecular complexity index is 558. The van der Waals surface area contributed by atoms with Crippen LogP contribution in [0, 0.1) is 18.7 Å². The lowest BCUT2D eigenvalue weighted by Crippen LogP contribution is -2.18. The van der Waals surface area contributed by atoms with Crippen LogP contribution in [0.15, 0.2) is 36.7 Å². The normalized spacial score (nSPS) is 11.2. The van der Waals surface area contributed by atoms with E-state index in [1.165, 1.54) is 11.6 Å². The van der Waals surface area contributed by atoms with Crippen molar-refractivity contribution in [1.29, 1.82) is 0 Å². The third-order valence-corrected chi connectivity index (χ3v) is 3.35. The van der Waals surface area contributed by atoms with Crippen molar-refractivity contribution in [3.05, 3.63) is 59.2 Å². The van der Waals surface area contributed by atoms with E-state index in [4.69, 9.17) is 0 Å². The maximum absolute atomic E-state index is 13.1. The minimum absolute atomic E-state index is 0.169. The number of hydrogen-bond acceptors (Lipinski definition) is 1. The number of halogens is 1. The lowest BCUT2D eigenvalue weighted by molar-refractivity contribution is 0.552. The summed E-state index contributed by atoms with van der Waals surface area (Å²) in [4.78, 5) is 0. The first kappa shape index (κ1) is 14.8. The van der Waals surface area contributed by atoms with E-state index in [0.29, 0.717) is 5.92 Å². The van der Waals surface area contributed by atoms with Gasteiger partial charge in [0.2, 0.25) is 0 Å². The Morgan fingerprint density at radius 3 is 2.75 bits per heavy atom. The van der Waals surface area contributed by atoms with Crippen LogP contribution < -0.4 is 5.32 Å². The van der Waals surface area contributed by atoms with Gasteiger partial charge >= 0.3 is 0 Å². The summed E-state index contributed by atoms with van der Waals surface area (Å²) in [7, 11) is 0. The molecule has 0 aliphatic carbocycles. The van der Waals surface area contributed by atoms with E-state index in [2.05, 4.69) is 42.2 Å². The fourth-order valence-electron chi connectivity index (χ4n) is 2.23. The third kappa shape index (κ3) is 4.20. The number of hydrogen-bond donors (Lipinski definition) is 1. The summed E-state index contributed by atoms with van der Waals surface area (Å²) >= 11 is 0. The van der Waals surface area contributed by atoms with Gasteiger partial charge in [-0.3, -0.25) is 0 Å². The van der Waals surface area contributed by atoms with Crippen LogP contribution in [0.4, 0.5) is 4.39 Å². The molecule has 0 amide bonds. The number of benzene rings is 1. The molecule has 0 radical (unpaired) electrons. The average molecular weight is 274 g/mol. The standard InChI is InChI=1S/C17H23FN2/c1-13(2)9-19-10-15-6-7-20(11-15)12-16-4-5-17(18)8-14(16)3/h4-8,11,13,19H,9-10,12H2,1-3H3. The molecule has 2 rings (SSSR count). The Morgan fingerprint density at radius 2 is 2.05 bits per heavy atom. The highest BCUT2D eigenvalue weighted by Gasteiger charge is 2.03. The predicted molar refractivity (Wildman–Crippen MR) is 81.2 cm³/mol. The Morgan fingerprint density at radius 1 is 1.25 bits per heavy atom. The minimum Gasteiger partial charge on any atom is -0.350 e. The van der Waals surface area contributed by atoms with Gasteiger partial charge < -0.3 is 9.88 Å². The number of aryl methyl sites for hydroxylation is 1. The second-order valence-electron chi connectivity index (χ2n) is 5.79. The van der Waals surface area contributed by atoms with E-state index in [1.54, 1.807) is 6.07 Å². The summed E-state index contributed by atoms with van der Waals surface area (Å²) < 4.78 is 15.2. The van der Waals surface area contributed by atoms with Crippen LogP contribution in [-0.2, 0) is 13.1 Å². The quantitative estimate of drug-likeness (QED) is 0.849. The van der Waals surface area contributed by atoms with Crippen LogP contribution in [0.3, 0.4) is 0 Å². The largest absolute Gasteiger partial charge is 0.350 e. The first-order valence-corrected chi connectivity index (χ1v) is 7.15. The van der Waals surface area contributed by atoms with Gasteiger partial charge in [0.1, 0.15) is 5.82 Å². The van der Waals surface area contributed by atoms with Crippen molar-refractivity contribution in [1.82, 2.24) is 9.88 Å². The molecule has 1 N–H and O–H groups in total. The van der Waals surface area contributed by atoms with Crippen LogP contribution >= 0.6 is 0 Å². The van der Waals surface area contributed by atoms with Gasteiger partial charge in [0.25, 0.3) is 0 Å². The van der Waals surface area contributed by atoms with Crippen molar-refractivity contribution in [3.63, 3.8) is 0 Å². The van der Waals surface area contributed by atoms with Crippen LogP contribution in [0.1, 0.15) is 30.5 Å². The summed E-state index contributed by atoms with van der Waals surface area (Å²) in [5.74, 6) is 0.497. The molecule has 0 spiro atoms. The first-order valence-electron chi connectivity index (χ1n) is 7.15. The SMILES string of the molecule is Cc1cc(F)ccc1Cn1ccc(CNCC(C)C)c1. The van der Waals surface area contributed by atoms with Crippen molar-refractivity contribution in [3.8, 4) is 0 Å². The van der Waals surface area contributed by atoms with Gasteiger partial charge in [0.05, 0.1) is 0 Å². The summed E-state index contributed by atoms with van der Waals surface area (Å²) in [5.41, 5.74) is 3.44. The van der Waals surface area contributed by atoms with Crippen molar-refractivity contribution in [2.24, 2.45) is 5.92 Å². The van der Waals surface area contributed by atoms with E-state index in [1.807, 2.05) is 13.0 Å². The highest BCUT2D eigenvalue weighted by Crippen LogP contribution is 2.13. The molecule has 0 aliphatic heterocycles. The number of nitrogens with one attached hydrogen (secondary N) is 1. The Balaban J connectivity index is 1.95. The lowest BCUT2D eigenvalue weighted by Gasteiger charge is -2.08. The zero-order valence-electron chi connectivity index (χ0n) is 12.5. The Kier molecular flexibility index (Phi) is 4.96. The number of nitrogens with zero attached hydrogens (tertiary/aromatic N) is 1. The highest BCUT2D eigenvalue weighted by atomic mass is 19.1. The molecule has 20 heavy (non-hydrogen) atoms. The fraction of sp³-hybridized carbons (Fsp3) is 0.412. The van der Waals surface area contributed by atoms with Gasteiger partial charge in [0, 0.05) is 25.5 Å². The summed E-state index contributed by atoms with van der Waals surface area (Å²) in [5, 5.41) is 3.43. The smallest absolute Gasteiger partial charge is 0.123 e. The maximum Gasteiger partial charge on any atom is 0.123 e. The second-order valence-corrected chi connectivity index (χ2v) is 5.79. The molecule has 1 heterocycles. The molecule has 0 saturated carbocycles. The molecule has 2 aromatic rings. The summed E-state index contributed by atoms with van der Waals surface area (Å²) in [6.07, 6.45) is 4.23. The molecule has 0 unspecified atom stereocenters. The molecule has 0 saturated heterocycles. The Labute approximate surface area is 120 Å². The molecular weight excluding hydrogens is 251 g/mol. The van der Waals surface area contributed by atoms with Crippen LogP contribution in [0.25, 0.3) is 0 Å². The lowest BCUT2D eigenvalue weighted by atomic mass is 10.1. The van der Waals surface area contributed by atoms with Crippen LogP contribution in [-0.4, -0.2) is 11.1 Å². The van der Waals surface area contributed by atoms with E-state index in [0.717, 1.165) is 30.8 Å².